The number of para-hydroxylation sites is 1. The lowest BCUT2D eigenvalue weighted by Gasteiger charge is -2.41. The molecule has 0 saturated heterocycles. The third kappa shape index (κ3) is 5.34. The van der Waals surface area contributed by atoms with Crippen LogP contribution in [0.3, 0.4) is 0 Å². The quantitative estimate of drug-likeness (QED) is 0.208. The molecule has 43 heavy (non-hydrogen) atoms. The van der Waals surface area contributed by atoms with Crippen molar-refractivity contribution in [1.29, 1.82) is 0 Å². The summed E-state index contributed by atoms with van der Waals surface area (Å²) >= 11 is 0. The molecule has 12 nitrogen and oxygen atoms in total. The zero-order valence-electron chi connectivity index (χ0n) is 24.5. The van der Waals surface area contributed by atoms with Crippen LogP contribution in [0, 0.1) is 6.92 Å². The number of aromatic nitrogens is 4. The Morgan fingerprint density at radius 3 is 2.56 bits per heavy atom. The predicted octanol–water partition coefficient (Wildman–Crippen LogP) is 4.20. The van der Waals surface area contributed by atoms with Crippen molar-refractivity contribution in [3.8, 4) is 11.1 Å². The third-order valence-electron chi connectivity index (χ3n) is 7.45. The number of amides is 1. The van der Waals surface area contributed by atoms with Crippen LogP contribution >= 0.6 is 0 Å². The van der Waals surface area contributed by atoms with Gasteiger partial charge in [-0.1, -0.05) is 18.2 Å². The Bertz CT molecular complexity index is 1930. The zero-order chi connectivity index (χ0) is 30.5. The minimum atomic E-state index is -3.49. The highest BCUT2D eigenvalue weighted by Crippen LogP contribution is 2.36. The second kappa shape index (κ2) is 10.7. The van der Waals surface area contributed by atoms with Gasteiger partial charge in [0.15, 0.2) is 0 Å². The van der Waals surface area contributed by atoms with E-state index < -0.39 is 16.2 Å². The molecule has 1 amide bonds. The molecule has 0 saturated carbocycles. The van der Waals surface area contributed by atoms with Crippen molar-refractivity contribution >= 4 is 49.8 Å². The van der Waals surface area contributed by atoms with E-state index >= 15 is 0 Å². The van der Waals surface area contributed by atoms with Gasteiger partial charge in [-0.05, 0) is 61.4 Å². The third-order valence-corrected chi connectivity index (χ3v) is 8.06. The minimum absolute atomic E-state index is 0.104. The lowest BCUT2D eigenvalue weighted by atomic mass is 10.0. The highest BCUT2D eigenvalue weighted by molar-refractivity contribution is 7.92. The van der Waals surface area contributed by atoms with Crippen LogP contribution in [-0.4, -0.2) is 66.5 Å². The van der Waals surface area contributed by atoms with E-state index in [-0.39, 0.29) is 11.9 Å². The fraction of sp³-hybridized carbons (Fsp3) is 0.233. The molecule has 2 atom stereocenters. The average Bonchev–Trinajstić information content (AvgIpc) is 3.56. The number of aryl methyl sites for hydroxylation is 1. The molecular formula is C30H33N9O3S. The Morgan fingerprint density at radius 1 is 1.07 bits per heavy atom. The molecule has 0 bridgehead atoms. The first-order chi connectivity index (χ1) is 20.5. The molecule has 6 rings (SSSR count). The number of benzene rings is 2. The van der Waals surface area contributed by atoms with Crippen molar-refractivity contribution in [3.63, 3.8) is 0 Å². The number of nitrogens with one attached hydrogen (secondary N) is 4. The van der Waals surface area contributed by atoms with E-state index in [2.05, 4.69) is 30.4 Å². The second-order valence-electron chi connectivity index (χ2n) is 10.9. The highest BCUT2D eigenvalue weighted by Gasteiger charge is 2.37. The fourth-order valence-electron chi connectivity index (χ4n) is 5.44. The highest BCUT2D eigenvalue weighted by atomic mass is 32.2. The van der Waals surface area contributed by atoms with Gasteiger partial charge < -0.3 is 20.6 Å². The summed E-state index contributed by atoms with van der Waals surface area (Å²) in [5, 5.41) is 4.27. The number of aromatic amines is 1. The van der Waals surface area contributed by atoms with Crippen molar-refractivity contribution in [2.24, 2.45) is 0 Å². The number of nitrogens with zero attached hydrogens (tertiary/aromatic N) is 5. The molecule has 1 aliphatic rings. The van der Waals surface area contributed by atoms with Crippen molar-refractivity contribution in [3.05, 3.63) is 84.6 Å². The molecule has 0 aliphatic carbocycles. The standard InChI is InChI=1S/C30H33N9O3S/c1-18-11-12-38-26(18)30(40)39(22-9-7-6-8-10-22)29(35-38)19(2)34-28-25-24(16-31-27(25)32-17-33-28)20-13-21(36-43(5,41)42)15-23(14-20)37(3)4/h6-17,19,29,35-36H,1-5H3,(H2,31,32,33,34)/t19-,29?/m0/s1. The first-order valence-electron chi connectivity index (χ1n) is 13.7. The van der Waals surface area contributed by atoms with Crippen molar-refractivity contribution in [2.75, 3.05) is 45.6 Å². The van der Waals surface area contributed by atoms with Gasteiger partial charge in [-0.15, -0.1) is 0 Å². The van der Waals surface area contributed by atoms with Crippen LogP contribution in [0.4, 0.5) is 22.9 Å². The number of fused-ring (bicyclic) bond motifs is 2. The van der Waals surface area contributed by atoms with Gasteiger partial charge in [0, 0.05) is 43.4 Å². The summed E-state index contributed by atoms with van der Waals surface area (Å²) in [6.07, 6.45) is 5.83. The van der Waals surface area contributed by atoms with Crippen LogP contribution < -0.4 is 25.3 Å². The van der Waals surface area contributed by atoms with E-state index in [1.807, 2.05) is 87.7 Å². The topological polar surface area (TPSA) is 140 Å². The summed E-state index contributed by atoms with van der Waals surface area (Å²) in [6, 6.07) is 16.7. The number of sulfonamides is 1. The maximum atomic E-state index is 13.8. The normalized spacial score (nSPS) is 15.6. The lowest BCUT2D eigenvalue weighted by Crippen LogP contribution is -2.59. The molecule has 3 aromatic heterocycles. The summed E-state index contributed by atoms with van der Waals surface area (Å²) in [6.45, 7) is 3.91. The average molecular weight is 600 g/mol. The monoisotopic (exact) mass is 599 g/mol. The summed E-state index contributed by atoms with van der Waals surface area (Å²) < 4.78 is 28.5. The summed E-state index contributed by atoms with van der Waals surface area (Å²) in [7, 11) is 0.296. The Labute approximate surface area is 249 Å². The Kier molecular flexibility index (Phi) is 6.97. The van der Waals surface area contributed by atoms with Gasteiger partial charge in [0.25, 0.3) is 5.91 Å². The maximum Gasteiger partial charge on any atom is 0.278 e. The summed E-state index contributed by atoms with van der Waals surface area (Å²) in [4.78, 5) is 29.8. The minimum Gasteiger partial charge on any atom is -0.378 e. The molecular weight excluding hydrogens is 566 g/mol. The first-order valence-corrected chi connectivity index (χ1v) is 15.6. The van der Waals surface area contributed by atoms with E-state index in [0.29, 0.717) is 22.8 Å². The molecule has 1 aliphatic heterocycles. The lowest BCUT2D eigenvalue weighted by molar-refractivity contribution is 0.0954. The number of rotatable bonds is 8. The SMILES string of the molecule is Cc1ccn2c1C(=O)N(c1ccccc1)C([C@H](C)Nc1ncnc3[nH]cc(-c4cc(NS(C)(=O)=O)cc(N(C)C)c4)c13)N2. The number of carbonyl (C=O) groups is 1. The van der Waals surface area contributed by atoms with E-state index in [0.717, 1.165) is 39.7 Å². The van der Waals surface area contributed by atoms with E-state index in [1.54, 1.807) is 21.7 Å². The molecule has 13 heteroatoms. The van der Waals surface area contributed by atoms with Gasteiger partial charge in [0.1, 0.15) is 29.7 Å². The number of anilines is 4. The number of H-pyrrole nitrogens is 1. The van der Waals surface area contributed by atoms with Gasteiger partial charge in [-0.25, -0.2) is 18.4 Å². The molecule has 5 aromatic rings. The van der Waals surface area contributed by atoms with Crippen LogP contribution in [0.5, 0.6) is 0 Å². The first kappa shape index (κ1) is 28.1. The second-order valence-corrected chi connectivity index (χ2v) is 12.7. The summed E-state index contributed by atoms with van der Waals surface area (Å²) in [5.74, 6) is 0.464. The fourth-order valence-corrected chi connectivity index (χ4v) is 5.99. The molecule has 0 radical (unpaired) electrons. The molecule has 2 aromatic carbocycles. The van der Waals surface area contributed by atoms with Gasteiger partial charge in [0.05, 0.1) is 23.4 Å². The van der Waals surface area contributed by atoms with Crippen molar-refractivity contribution in [2.45, 2.75) is 26.1 Å². The predicted molar refractivity (Wildman–Crippen MR) is 171 cm³/mol. The van der Waals surface area contributed by atoms with Crippen LogP contribution in [0.15, 0.2) is 73.3 Å². The molecule has 0 fully saturated rings. The smallest absolute Gasteiger partial charge is 0.278 e. The van der Waals surface area contributed by atoms with E-state index in [1.165, 1.54) is 6.33 Å². The van der Waals surface area contributed by atoms with Gasteiger partial charge in [-0.2, -0.15) is 0 Å². The van der Waals surface area contributed by atoms with Gasteiger partial charge >= 0.3 is 0 Å². The van der Waals surface area contributed by atoms with Crippen molar-refractivity contribution < 1.29 is 13.2 Å². The molecule has 4 N–H and O–H groups in total. The van der Waals surface area contributed by atoms with Crippen LogP contribution in [0.1, 0.15) is 23.0 Å². The molecule has 222 valence electrons. The van der Waals surface area contributed by atoms with Gasteiger partial charge in [-0.3, -0.25) is 19.1 Å². The van der Waals surface area contributed by atoms with Crippen LogP contribution in [-0.2, 0) is 10.0 Å². The number of hydrogen-bond donors (Lipinski definition) is 4. The Hall–Kier alpha value is -5.04. The number of carbonyl (C=O) groups excluding carboxylic acids is 1. The molecule has 0 spiro atoms. The van der Waals surface area contributed by atoms with Crippen molar-refractivity contribution in [1.82, 2.24) is 19.6 Å². The zero-order valence-corrected chi connectivity index (χ0v) is 25.3. The maximum absolute atomic E-state index is 13.8. The summed E-state index contributed by atoms with van der Waals surface area (Å²) in [5.41, 5.74) is 9.18. The molecule has 4 heterocycles. The Balaban J connectivity index is 1.41. The molecule has 1 unspecified atom stereocenters. The number of hydrogen-bond acceptors (Lipinski definition) is 8. The van der Waals surface area contributed by atoms with Gasteiger partial charge in [0.2, 0.25) is 10.0 Å². The van der Waals surface area contributed by atoms with E-state index in [9.17, 15) is 13.2 Å². The van der Waals surface area contributed by atoms with Crippen LogP contribution in [0.2, 0.25) is 0 Å². The largest absolute Gasteiger partial charge is 0.378 e. The Morgan fingerprint density at radius 2 is 1.84 bits per heavy atom. The van der Waals surface area contributed by atoms with E-state index in [4.69, 9.17) is 0 Å². The van der Waals surface area contributed by atoms with Crippen LogP contribution in [0.25, 0.3) is 22.2 Å².